The number of hydrogen-bond donors (Lipinski definition) is 2. The van der Waals surface area contributed by atoms with Gasteiger partial charge in [0.2, 0.25) is 11.8 Å². The van der Waals surface area contributed by atoms with Crippen molar-refractivity contribution in [1.82, 2.24) is 25.0 Å². The Hall–Kier alpha value is -4.41. The standard InChI is InChI=1S/C35H43N5O6/c1-20(2)27-13-15-40(38-27)30-18-29(24-11-12-28(45-5)21(3)31(24)36-30)46-23-16-25-26(17-23)33(42)39(4)14-9-7-6-8-10-22-19-35(22,34(43)44)37-32(25)41/h8,10-13,15,18,20,22-23,25-26H,6-7,9,14,16-17,19H2,1-5H3,(H,37,41)(H,43,44). The van der Waals surface area contributed by atoms with E-state index in [4.69, 9.17) is 19.6 Å². The maximum atomic E-state index is 13.8. The van der Waals surface area contributed by atoms with Gasteiger partial charge in [0.25, 0.3) is 0 Å². The predicted molar refractivity (Wildman–Crippen MR) is 172 cm³/mol. The fourth-order valence-electron chi connectivity index (χ4n) is 6.95. The highest BCUT2D eigenvalue weighted by atomic mass is 16.5. The first kappa shape index (κ1) is 31.6. The Labute approximate surface area is 268 Å². The molecule has 3 aliphatic rings. The second-order valence-electron chi connectivity index (χ2n) is 13.3. The third-order valence-corrected chi connectivity index (χ3v) is 9.86. The Morgan fingerprint density at radius 1 is 1.13 bits per heavy atom. The largest absolute Gasteiger partial charge is 0.496 e. The molecule has 5 unspecified atom stereocenters. The van der Waals surface area contributed by atoms with Crippen LogP contribution in [0.1, 0.15) is 69.5 Å². The maximum absolute atomic E-state index is 13.8. The summed E-state index contributed by atoms with van der Waals surface area (Å²) in [5, 5.41) is 18.4. The normalized spacial score (nSPS) is 26.8. The predicted octanol–water partition coefficient (Wildman–Crippen LogP) is 4.79. The zero-order valence-corrected chi connectivity index (χ0v) is 27.2. The molecule has 2 fully saturated rings. The first-order chi connectivity index (χ1) is 22.0. The number of ether oxygens (including phenoxy) is 2. The second kappa shape index (κ2) is 12.4. The second-order valence-corrected chi connectivity index (χ2v) is 13.3. The quantitative estimate of drug-likeness (QED) is 0.372. The minimum Gasteiger partial charge on any atom is -0.496 e. The summed E-state index contributed by atoms with van der Waals surface area (Å²) in [7, 11) is 3.39. The molecule has 46 heavy (non-hydrogen) atoms. The molecule has 11 heteroatoms. The summed E-state index contributed by atoms with van der Waals surface area (Å²) in [6.07, 6.45) is 8.79. The summed E-state index contributed by atoms with van der Waals surface area (Å²) in [5.41, 5.74) is 1.16. The number of carboxylic acids is 1. The summed E-state index contributed by atoms with van der Waals surface area (Å²) in [5.74, 6) is -1.11. The van der Waals surface area contributed by atoms with Crippen LogP contribution in [0.5, 0.6) is 11.5 Å². The lowest BCUT2D eigenvalue weighted by molar-refractivity contribution is -0.145. The number of hydrogen-bond acceptors (Lipinski definition) is 7. The van der Waals surface area contributed by atoms with E-state index in [1.807, 2.05) is 49.5 Å². The van der Waals surface area contributed by atoms with Crippen molar-refractivity contribution in [3.63, 3.8) is 0 Å². The number of nitrogens with one attached hydrogen (secondary N) is 1. The summed E-state index contributed by atoms with van der Waals surface area (Å²) in [4.78, 5) is 46.6. The molecule has 244 valence electrons. The number of aromatic nitrogens is 3. The number of nitrogens with zero attached hydrogens (tertiary/aromatic N) is 4. The number of benzene rings is 1. The molecule has 3 aromatic rings. The van der Waals surface area contributed by atoms with Crippen LogP contribution in [0.4, 0.5) is 0 Å². The van der Waals surface area contributed by atoms with Crippen LogP contribution in [-0.4, -0.2) is 74.9 Å². The average molecular weight is 630 g/mol. The lowest BCUT2D eigenvalue weighted by atomic mass is 9.93. The Bertz CT molecular complexity index is 1700. The van der Waals surface area contributed by atoms with E-state index in [0.29, 0.717) is 42.2 Å². The van der Waals surface area contributed by atoms with Gasteiger partial charge in [-0.1, -0.05) is 26.0 Å². The molecule has 5 atom stereocenters. The molecule has 2 aromatic heterocycles. The van der Waals surface area contributed by atoms with Crippen molar-refractivity contribution < 1.29 is 29.0 Å². The van der Waals surface area contributed by atoms with Gasteiger partial charge in [-0.3, -0.25) is 9.59 Å². The highest BCUT2D eigenvalue weighted by molar-refractivity contribution is 5.94. The van der Waals surface area contributed by atoms with E-state index in [9.17, 15) is 19.5 Å². The number of fused-ring (bicyclic) bond motifs is 3. The molecule has 0 saturated heterocycles. The van der Waals surface area contributed by atoms with E-state index in [0.717, 1.165) is 35.9 Å². The van der Waals surface area contributed by atoms with Crippen molar-refractivity contribution in [2.75, 3.05) is 20.7 Å². The van der Waals surface area contributed by atoms with Crippen molar-refractivity contribution in [2.24, 2.45) is 17.8 Å². The fourth-order valence-corrected chi connectivity index (χ4v) is 6.95. The van der Waals surface area contributed by atoms with Gasteiger partial charge in [0.1, 0.15) is 23.1 Å². The van der Waals surface area contributed by atoms with Gasteiger partial charge in [-0.15, -0.1) is 0 Å². The number of carbonyl (C=O) groups is 3. The third kappa shape index (κ3) is 5.83. The number of pyridine rings is 1. The van der Waals surface area contributed by atoms with Crippen LogP contribution in [-0.2, 0) is 14.4 Å². The number of rotatable bonds is 6. The van der Waals surface area contributed by atoms with Gasteiger partial charge in [0.05, 0.1) is 30.2 Å². The molecule has 0 radical (unpaired) electrons. The number of allylic oxidation sites excluding steroid dienone is 1. The van der Waals surface area contributed by atoms with Crippen molar-refractivity contribution >= 4 is 28.7 Å². The number of amides is 2. The Morgan fingerprint density at radius 3 is 2.63 bits per heavy atom. The summed E-state index contributed by atoms with van der Waals surface area (Å²) in [6, 6.07) is 7.59. The first-order valence-electron chi connectivity index (χ1n) is 16.2. The fraction of sp³-hybridized carbons (Fsp3) is 0.514. The molecule has 2 amide bonds. The zero-order valence-electron chi connectivity index (χ0n) is 27.2. The van der Waals surface area contributed by atoms with Crippen molar-refractivity contribution in [3.8, 4) is 17.3 Å². The Balaban J connectivity index is 1.35. The van der Waals surface area contributed by atoms with Crippen LogP contribution >= 0.6 is 0 Å². The highest BCUT2D eigenvalue weighted by Crippen LogP contribution is 2.47. The molecule has 1 aliphatic heterocycles. The van der Waals surface area contributed by atoms with Gasteiger partial charge in [-0.25, -0.2) is 14.5 Å². The number of carboxylic acid groups (broad SMARTS) is 1. The van der Waals surface area contributed by atoms with Crippen LogP contribution in [0.3, 0.4) is 0 Å². The average Bonchev–Trinajstić information content (AvgIpc) is 3.33. The molecule has 0 bridgehead atoms. The molecular weight excluding hydrogens is 586 g/mol. The van der Waals surface area contributed by atoms with Crippen LogP contribution in [0, 0.1) is 24.7 Å². The smallest absolute Gasteiger partial charge is 0.330 e. The van der Waals surface area contributed by atoms with Gasteiger partial charge >= 0.3 is 5.97 Å². The molecule has 11 nitrogen and oxygen atoms in total. The van der Waals surface area contributed by atoms with Crippen molar-refractivity contribution in [1.29, 1.82) is 0 Å². The lowest BCUT2D eigenvalue weighted by Gasteiger charge is -2.26. The maximum Gasteiger partial charge on any atom is 0.330 e. The Morgan fingerprint density at radius 2 is 1.91 bits per heavy atom. The van der Waals surface area contributed by atoms with Gasteiger partial charge < -0.3 is 24.8 Å². The van der Waals surface area contributed by atoms with E-state index >= 15 is 0 Å². The van der Waals surface area contributed by atoms with Crippen LogP contribution in [0.15, 0.2) is 42.6 Å². The number of aryl methyl sites for hydroxylation is 1. The molecular formula is C35H43N5O6. The molecule has 6 rings (SSSR count). The van der Waals surface area contributed by atoms with E-state index < -0.39 is 35.4 Å². The minimum atomic E-state index is -1.33. The summed E-state index contributed by atoms with van der Waals surface area (Å²) >= 11 is 0. The van der Waals surface area contributed by atoms with Gasteiger partial charge in [0.15, 0.2) is 5.82 Å². The number of carbonyl (C=O) groups excluding carboxylic acids is 2. The molecule has 2 saturated carbocycles. The summed E-state index contributed by atoms with van der Waals surface area (Å²) < 4.78 is 14.0. The SMILES string of the molecule is COc1ccc2c(OC3CC4C(=O)NC5(C(=O)O)CC5C=CCCCCN(C)C(=O)C4C3)cc(-n3ccc(C(C)C)n3)nc2c1C. The first-order valence-corrected chi connectivity index (χ1v) is 16.2. The Kier molecular flexibility index (Phi) is 8.52. The molecule has 0 spiro atoms. The van der Waals surface area contributed by atoms with Crippen LogP contribution in [0.25, 0.3) is 16.7 Å². The van der Waals surface area contributed by atoms with E-state index in [1.54, 1.807) is 23.7 Å². The van der Waals surface area contributed by atoms with E-state index in [2.05, 4.69) is 19.2 Å². The molecule has 3 heterocycles. The number of aliphatic carboxylic acids is 1. The lowest BCUT2D eigenvalue weighted by Crippen LogP contribution is -2.49. The zero-order chi connectivity index (χ0) is 32.7. The van der Waals surface area contributed by atoms with E-state index in [1.165, 1.54) is 0 Å². The van der Waals surface area contributed by atoms with Gasteiger partial charge in [-0.2, -0.15) is 5.10 Å². The highest BCUT2D eigenvalue weighted by Gasteiger charge is 2.61. The van der Waals surface area contributed by atoms with E-state index in [-0.39, 0.29) is 24.2 Å². The molecule has 2 N–H and O–H groups in total. The minimum absolute atomic E-state index is 0.116. The van der Waals surface area contributed by atoms with Crippen LogP contribution in [0.2, 0.25) is 0 Å². The topological polar surface area (TPSA) is 136 Å². The molecule has 1 aromatic carbocycles. The van der Waals surface area contributed by atoms with Crippen molar-refractivity contribution in [2.45, 2.75) is 76.9 Å². The third-order valence-electron chi connectivity index (χ3n) is 9.86. The van der Waals surface area contributed by atoms with Gasteiger partial charge in [-0.05, 0) is 69.6 Å². The van der Waals surface area contributed by atoms with Crippen molar-refractivity contribution in [3.05, 3.63) is 53.9 Å². The van der Waals surface area contributed by atoms with Gasteiger partial charge in [0, 0.05) is 42.7 Å². The molecule has 2 aliphatic carbocycles. The monoisotopic (exact) mass is 629 g/mol. The summed E-state index contributed by atoms with van der Waals surface area (Å²) in [6.45, 7) is 6.70. The number of methoxy groups -OCH3 is 1. The van der Waals surface area contributed by atoms with Crippen LogP contribution < -0.4 is 14.8 Å².